The van der Waals surface area contributed by atoms with Crippen molar-refractivity contribution in [3.63, 3.8) is 0 Å². The zero-order valence-electron chi connectivity index (χ0n) is 35.2. The number of hydrogen-bond donors (Lipinski definition) is 2. The van der Waals surface area contributed by atoms with Crippen LogP contribution in [-0.4, -0.2) is 115 Å². The Kier molecular flexibility index (Phi) is 14.3. The first kappa shape index (κ1) is 44.4. The number of allylic oxidation sites excluding steroid dienone is 2. The van der Waals surface area contributed by atoms with Gasteiger partial charge in [-0.3, -0.25) is 4.79 Å². The molecule has 6 rings (SSSR count). The highest BCUT2D eigenvalue weighted by atomic mass is 16.7. The number of ether oxygens (including phenoxy) is 9. The number of aliphatic hydroxyl groups is 2. The second kappa shape index (κ2) is 18.6. The van der Waals surface area contributed by atoms with E-state index in [4.69, 9.17) is 42.6 Å². The average Bonchev–Trinajstić information content (AvgIpc) is 3.53. The van der Waals surface area contributed by atoms with Gasteiger partial charge in [0.05, 0.1) is 37.1 Å². The van der Waals surface area contributed by atoms with E-state index in [9.17, 15) is 19.8 Å². The maximum atomic E-state index is 14.5. The summed E-state index contributed by atoms with van der Waals surface area (Å²) in [6.45, 7) is 17.5. The van der Waals surface area contributed by atoms with Gasteiger partial charge in [0.15, 0.2) is 18.2 Å². The highest BCUT2D eigenvalue weighted by molar-refractivity contribution is 5.79. The van der Waals surface area contributed by atoms with Crippen LogP contribution in [-0.2, 0) is 47.4 Å². The van der Waals surface area contributed by atoms with Crippen molar-refractivity contribution in [1.29, 1.82) is 0 Å². The summed E-state index contributed by atoms with van der Waals surface area (Å²) in [5.74, 6) is -2.75. The van der Waals surface area contributed by atoms with Crippen LogP contribution in [0.5, 0.6) is 0 Å². The zero-order valence-corrected chi connectivity index (χ0v) is 35.2. The van der Waals surface area contributed by atoms with Crippen LogP contribution in [0.25, 0.3) is 0 Å². The summed E-state index contributed by atoms with van der Waals surface area (Å²) in [5, 5.41) is 23.4. The molecule has 13 nitrogen and oxygen atoms in total. The van der Waals surface area contributed by atoms with E-state index in [-0.39, 0.29) is 43.5 Å². The SMILES string of the molecule is C=CCOC(=O)O[C@@H]1C(C)=C[C@H]2C(=O)O[C@H]3C[C@@H](C/C=C(\C)[C@@H](O[C@H]4C[C@H](OC)[C@@H](O)[C@H](C)O4)[C@@H](C)/C=C/C=C4\CO[C@H]1[C@@]42O)O[C@@]1(C=C[C@H](C)[C@@H]([C@@H](C)CC)O1)C3. The third-order valence-electron chi connectivity index (χ3n) is 12.8. The monoisotopic (exact) mass is 812 g/mol. The Bertz CT molecular complexity index is 1650. The molecule has 58 heavy (non-hydrogen) atoms. The van der Waals surface area contributed by atoms with Gasteiger partial charge in [-0.2, -0.15) is 0 Å². The molecule has 3 fully saturated rings. The summed E-state index contributed by atoms with van der Waals surface area (Å²) < 4.78 is 55.6. The number of carbonyl (C=O) groups is 2. The Morgan fingerprint density at radius 3 is 2.59 bits per heavy atom. The first-order valence-electron chi connectivity index (χ1n) is 20.9. The Labute approximate surface area is 343 Å². The van der Waals surface area contributed by atoms with E-state index in [1.165, 1.54) is 6.08 Å². The minimum absolute atomic E-state index is 0.0317. The van der Waals surface area contributed by atoms with E-state index in [0.717, 1.165) is 12.0 Å². The second-order valence-electron chi connectivity index (χ2n) is 17.0. The molecule has 0 saturated carbocycles. The molecule has 0 aromatic heterocycles. The molecule has 322 valence electrons. The molecule has 2 N–H and O–H groups in total. The fourth-order valence-electron chi connectivity index (χ4n) is 9.27. The summed E-state index contributed by atoms with van der Waals surface area (Å²) in [4.78, 5) is 27.2. The first-order valence-corrected chi connectivity index (χ1v) is 20.9. The maximum Gasteiger partial charge on any atom is 0.509 e. The minimum Gasteiger partial charge on any atom is -0.462 e. The van der Waals surface area contributed by atoms with E-state index in [1.807, 2.05) is 32.1 Å². The Morgan fingerprint density at radius 1 is 1.09 bits per heavy atom. The fraction of sp³-hybridized carbons (Fsp3) is 0.689. The van der Waals surface area contributed by atoms with Gasteiger partial charge in [0.2, 0.25) is 0 Å². The van der Waals surface area contributed by atoms with Crippen molar-refractivity contribution in [1.82, 2.24) is 0 Å². The molecule has 13 heteroatoms. The summed E-state index contributed by atoms with van der Waals surface area (Å²) in [6, 6.07) is 0. The van der Waals surface area contributed by atoms with Crippen molar-refractivity contribution in [3.8, 4) is 0 Å². The van der Waals surface area contributed by atoms with Crippen LogP contribution in [0, 0.1) is 23.7 Å². The number of aliphatic hydroxyl groups excluding tert-OH is 1. The van der Waals surface area contributed by atoms with Crippen molar-refractivity contribution in [2.24, 2.45) is 23.7 Å². The number of rotatable bonds is 8. The van der Waals surface area contributed by atoms with Crippen LogP contribution in [0.1, 0.15) is 80.6 Å². The van der Waals surface area contributed by atoms with Crippen molar-refractivity contribution < 1.29 is 62.4 Å². The van der Waals surface area contributed by atoms with E-state index >= 15 is 0 Å². The summed E-state index contributed by atoms with van der Waals surface area (Å²) in [6.07, 6.45) is 10.1. The number of fused-ring (bicyclic) bond motifs is 2. The molecule has 5 aliphatic heterocycles. The molecular weight excluding hydrogens is 748 g/mol. The topological polar surface area (TPSA) is 158 Å². The maximum absolute atomic E-state index is 14.5. The normalized spacial score (nSPS) is 44.7. The number of methoxy groups -OCH3 is 1. The summed E-state index contributed by atoms with van der Waals surface area (Å²) in [5.41, 5.74) is -0.0576. The van der Waals surface area contributed by atoms with Gasteiger partial charge in [-0.05, 0) is 55.9 Å². The molecule has 3 saturated heterocycles. The number of hydrogen-bond acceptors (Lipinski definition) is 13. The average molecular weight is 813 g/mol. The van der Waals surface area contributed by atoms with Crippen LogP contribution in [0.2, 0.25) is 0 Å². The molecule has 6 aliphatic rings. The Hall–Kier alpha value is -3.14. The van der Waals surface area contributed by atoms with Crippen molar-refractivity contribution in [2.45, 2.75) is 153 Å². The van der Waals surface area contributed by atoms with Crippen LogP contribution in [0.4, 0.5) is 4.79 Å². The molecule has 0 amide bonds. The largest absolute Gasteiger partial charge is 0.509 e. The highest BCUT2D eigenvalue weighted by Gasteiger charge is 2.61. The van der Waals surface area contributed by atoms with Gasteiger partial charge in [-0.1, -0.05) is 83.2 Å². The molecule has 0 unspecified atom stereocenters. The van der Waals surface area contributed by atoms with E-state index in [2.05, 4.69) is 39.5 Å². The lowest BCUT2D eigenvalue weighted by Crippen LogP contribution is -2.59. The van der Waals surface area contributed by atoms with Crippen molar-refractivity contribution in [3.05, 3.63) is 71.9 Å². The van der Waals surface area contributed by atoms with E-state index in [1.54, 1.807) is 33.1 Å². The number of esters is 1. The van der Waals surface area contributed by atoms with Gasteiger partial charge in [0, 0.05) is 38.2 Å². The molecule has 0 aromatic carbocycles. The van der Waals surface area contributed by atoms with Crippen LogP contribution >= 0.6 is 0 Å². The molecule has 0 radical (unpaired) electrons. The first-order chi connectivity index (χ1) is 27.6. The molecule has 5 heterocycles. The summed E-state index contributed by atoms with van der Waals surface area (Å²) >= 11 is 0. The molecule has 2 bridgehead atoms. The predicted octanol–water partition coefficient (Wildman–Crippen LogP) is 6.19. The van der Waals surface area contributed by atoms with Gasteiger partial charge < -0.3 is 52.8 Å². The van der Waals surface area contributed by atoms with E-state index < -0.39 is 84.6 Å². The second-order valence-corrected chi connectivity index (χ2v) is 17.0. The van der Waals surface area contributed by atoms with Crippen molar-refractivity contribution >= 4 is 12.1 Å². The van der Waals surface area contributed by atoms with E-state index in [0.29, 0.717) is 30.4 Å². The van der Waals surface area contributed by atoms with Gasteiger partial charge in [-0.25, -0.2) is 4.79 Å². The molecule has 1 spiro atoms. The van der Waals surface area contributed by atoms with Gasteiger partial charge in [-0.15, -0.1) is 0 Å². The zero-order chi connectivity index (χ0) is 41.9. The molecular formula is C45H64O13. The van der Waals surface area contributed by atoms with Crippen molar-refractivity contribution in [2.75, 3.05) is 20.3 Å². The van der Waals surface area contributed by atoms with Gasteiger partial charge in [0.25, 0.3) is 0 Å². The molecule has 16 atom stereocenters. The quantitative estimate of drug-likeness (QED) is 0.212. The fourth-order valence-corrected chi connectivity index (χ4v) is 9.27. The van der Waals surface area contributed by atoms with Gasteiger partial charge in [0.1, 0.15) is 36.4 Å². The third kappa shape index (κ3) is 9.27. The Morgan fingerprint density at radius 2 is 1.86 bits per heavy atom. The lowest BCUT2D eigenvalue weighted by Gasteiger charge is -2.48. The smallest absolute Gasteiger partial charge is 0.462 e. The molecule has 0 aromatic rings. The van der Waals surface area contributed by atoms with Crippen LogP contribution in [0.3, 0.4) is 0 Å². The third-order valence-corrected chi connectivity index (χ3v) is 12.8. The highest BCUT2D eigenvalue weighted by Crippen LogP contribution is 2.48. The van der Waals surface area contributed by atoms with Gasteiger partial charge >= 0.3 is 12.1 Å². The summed E-state index contributed by atoms with van der Waals surface area (Å²) in [7, 11) is 1.57. The lowest BCUT2D eigenvalue weighted by atomic mass is 9.70. The predicted molar refractivity (Wildman–Crippen MR) is 213 cm³/mol. The van der Waals surface area contributed by atoms with Crippen LogP contribution in [0.15, 0.2) is 71.9 Å². The Balaban J connectivity index is 1.40. The lowest BCUT2D eigenvalue weighted by molar-refractivity contribution is -0.300. The minimum atomic E-state index is -1.93. The van der Waals surface area contributed by atoms with Crippen LogP contribution < -0.4 is 0 Å². The molecule has 1 aliphatic carbocycles. The standard InChI is InChI=1S/C45H64O13/c1-10-19-51-43(48)56-40-29(7)20-34-42(47)54-33-21-32(57-44(23-33)18-17-28(6)39(58-44)25(3)11-2)16-15-27(5)38(55-36-22-35(50-9)37(46)30(8)53-36)26(4)13-12-14-31-24-52-41(40)45(31,34)49/h10,12-15,17-18,20,25-26,28,30,32-41,46,49H,1,11,16,19,21-24H2,2-9H3/b13-12+,27-15+,31-14+/t25-,26-,28-,30-,32+,33-,34-,35-,36-,37-,38-,39+,40+,41+,44+,45+/m0/s1. The number of carbonyl (C=O) groups excluding carboxylic acids is 2.